The van der Waals surface area contributed by atoms with Crippen molar-refractivity contribution in [2.75, 3.05) is 4.72 Å². The molecule has 0 radical (unpaired) electrons. The monoisotopic (exact) mass is 436 g/mol. The second-order valence-corrected chi connectivity index (χ2v) is 9.48. The number of hydrogen-bond donors (Lipinski definition) is 2. The fourth-order valence-corrected chi connectivity index (χ4v) is 4.56. The van der Waals surface area contributed by atoms with E-state index in [1.807, 2.05) is 39.8 Å². The minimum absolute atomic E-state index is 0.124. The average Bonchev–Trinajstić information content (AvgIpc) is 2.72. The Hall–Kier alpha value is -3.12. The zero-order valence-corrected chi connectivity index (χ0v) is 19.1. The third-order valence-electron chi connectivity index (χ3n) is 5.22. The van der Waals surface area contributed by atoms with Crippen molar-refractivity contribution >= 4 is 21.6 Å². The Morgan fingerprint density at radius 3 is 2.23 bits per heavy atom. The van der Waals surface area contributed by atoms with E-state index >= 15 is 0 Å². The Kier molecular flexibility index (Phi) is 6.81. The summed E-state index contributed by atoms with van der Waals surface area (Å²) in [4.78, 5) is 13.1. The van der Waals surface area contributed by atoms with Gasteiger partial charge in [-0.1, -0.05) is 54.4 Å². The molecule has 0 aliphatic heterocycles. The minimum Gasteiger partial charge on any atom is -0.345 e. The lowest BCUT2D eigenvalue weighted by atomic mass is 9.97. The van der Waals surface area contributed by atoms with Crippen LogP contribution in [0.25, 0.3) is 0 Å². The molecule has 0 aromatic heterocycles. The molecule has 162 valence electrons. The van der Waals surface area contributed by atoms with Gasteiger partial charge in [-0.3, -0.25) is 9.52 Å². The third-order valence-corrected chi connectivity index (χ3v) is 6.62. The highest BCUT2D eigenvalue weighted by molar-refractivity contribution is 7.92. The van der Waals surface area contributed by atoms with Gasteiger partial charge in [0, 0.05) is 11.3 Å². The van der Waals surface area contributed by atoms with Crippen LogP contribution in [0.4, 0.5) is 5.69 Å². The van der Waals surface area contributed by atoms with Crippen LogP contribution < -0.4 is 10.0 Å². The molecule has 0 aliphatic carbocycles. The first-order chi connectivity index (χ1) is 14.7. The normalized spacial score (nSPS) is 12.3. The Labute approximate surface area is 184 Å². The fraction of sp³-hybridized carbons (Fsp3) is 0.240. The van der Waals surface area contributed by atoms with Gasteiger partial charge in [-0.2, -0.15) is 0 Å². The summed E-state index contributed by atoms with van der Waals surface area (Å²) in [5.41, 5.74) is 5.10. The summed E-state index contributed by atoms with van der Waals surface area (Å²) in [5.74, 6) is -0.247. The molecule has 6 heteroatoms. The number of aryl methyl sites for hydroxylation is 3. The molecule has 2 N–H and O–H groups in total. The van der Waals surface area contributed by atoms with E-state index in [1.54, 1.807) is 48.5 Å². The van der Waals surface area contributed by atoms with Crippen LogP contribution in [-0.2, 0) is 10.0 Å². The lowest BCUT2D eigenvalue weighted by Crippen LogP contribution is -2.28. The first kappa shape index (κ1) is 22.6. The largest absolute Gasteiger partial charge is 0.345 e. The predicted molar refractivity (Wildman–Crippen MR) is 125 cm³/mol. The number of carbonyl (C=O) groups is 1. The molecular weight excluding hydrogens is 408 g/mol. The van der Waals surface area contributed by atoms with Gasteiger partial charge in [0.05, 0.1) is 10.9 Å². The Bertz CT molecular complexity index is 1190. The molecule has 1 atom stereocenters. The molecule has 31 heavy (non-hydrogen) atoms. The lowest BCUT2D eigenvalue weighted by Gasteiger charge is -2.20. The van der Waals surface area contributed by atoms with E-state index in [2.05, 4.69) is 16.1 Å². The van der Waals surface area contributed by atoms with Crippen LogP contribution in [0, 0.1) is 20.8 Å². The summed E-state index contributed by atoms with van der Waals surface area (Å²) in [6.45, 7) is 8.00. The molecule has 3 rings (SSSR count). The highest BCUT2D eigenvalue weighted by Crippen LogP contribution is 2.23. The van der Waals surface area contributed by atoms with Crippen LogP contribution >= 0.6 is 0 Å². The Balaban J connectivity index is 1.78. The van der Waals surface area contributed by atoms with E-state index in [0.29, 0.717) is 11.3 Å². The van der Waals surface area contributed by atoms with Crippen LogP contribution in [0.5, 0.6) is 0 Å². The van der Waals surface area contributed by atoms with E-state index in [4.69, 9.17) is 0 Å². The van der Waals surface area contributed by atoms with Gasteiger partial charge in [-0.25, -0.2) is 8.42 Å². The molecule has 5 nitrogen and oxygen atoms in total. The zero-order chi connectivity index (χ0) is 22.6. The number of benzene rings is 3. The molecule has 0 aliphatic rings. The third kappa shape index (κ3) is 5.52. The summed E-state index contributed by atoms with van der Waals surface area (Å²) in [5, 5.41) is 3.07. The average molecular weight is 437 g/mol. The molecule has 0 fully saturated rings. The maximum absolute atomic E-state index is 12.9. The predicted octanol–water partition coefficient (Wildman–Crippen LogP) is 5.29. The lowest BCUT2D eigenvalue weighted by molar-refractivity contribution is 0.0935. The van der Waals surface area contributed by atoms with E-state index in [0.717, 1.165) is 23.1 Å². The number of anilines is 1. The van der Waals surface area contributed by atoms with Crippen LogP contribution in [-0.4, -0.2) is 14.3 Å². The van der Waals surface area contributed by atoms with Crippen LogP contribution in [0.3, 0.4) is 0 Å². The van der Waals surface area contributed by atoms with Gasteiger partial charge in [-0.15, -0.1) is 0 Å². The maximum atomic E-state index is 12.9. The van der Waals surface area contributed by atoms with Gasteiger partial charge in [0.15, 0.2) is 0 Å². The molecule has 0 saturated heterocycles. The molecule has 3 aromatic rings. The molecule has 3 aromatic carbocycles. The summed E-state index contributed by atoms with van der Waals surface area (Å²) < 4.78 is 27.9. The summed E-state index contributed by atoms with van der Waals surface area (Å²) in [7, 11) is -3.73. The summed E-state index contributed by atoms with van der Waals surface area (Å²) >= 11 is 0. The summed E-state index contributed by atoms with van der Waals surface area (Å²) in [6.07, 6.45) is 0.745. The Morgan fingerprint density at radius 2 is 1.58 bits per heavy atom. The van der Waals surface area contributed by atoms with Crippen LogP contribution in [0.1, 0.15) is 52.0 Å². The Morgan fingerprint density at radius 1 is 0.903 bits per heavy atom. The topological polar surface area (TPSA) is 75.3 Å². The quantitative estimate of drug-likeness (QED) is 0.528. The van der Waals surface area contributed by atoms with Gasteiger partial charge < -0.3 is 5.32 Å². The second-order valence-electron chi connectivity index (χ2n) is 7.79. The van der Waals surface area contributed by atoms with E-state index in [1.165, 1.54) is 5.56 Å². The first-order valence-corrected chi connectivity index (χ1v) is 11.8. The minimum atomic E-state index is -3.73. The molecule has 0 saturated carbocycles. The highest BCUT2D eigenvalue weighted by Gasteiger charge is 2.18. The standard InChI is InChI=1S/C25H28N2O3S/c1-5-24(23-14-11-18(3)15-19(23)4)26-25(28)20-7-6-8-21(16-20)27-31(29,30)22-12-9-17(2)10-13-22/h6-16,24,27H,5H2,1-4H3,(H,26,28)/t24-/m1/s1. The van der Waals surface area contributed by atoms with Crippen molar-refractivity contribution in [3.05, 3.63) is 94.5 Å². The van der Waals surface area contributed by atoms with Crippen molar-refractivity contribution in [1.82, 2.24) is 5.32 Å². The number of amides is 1. The first-order valence-electron chi connectivity index (χ1n) is 10.3. The van der Waals surface area contributed by atoms with Gasteiger partial charge in [0.2, 0.25) is 0 Å². The van der Waals surface area contributed by atoms with Crippen LogP contribution in [0.15, 0.2) is 71.6 Å². The number of nitrogens with one attached hydrogen (secondary N) is 2. The maximum Gasteiger partial charge on any atom is 0.261 e. The number of carbonyl (C=O) groups excluding carboxylic acids is 1. The van der Waals surface area contributed by atoms with Gasteiger partial charge in [0.25, 0.3) is 15.9 Å². The second kappa shape index (κ2) is 9.35. The molecule has 0 heterocycles. The van der Waals surface area contributed by atoms with Crippen molar-refractivity contribution in [2.24, 2.45) is 0 Å². The van der Waals surface area contributed by atoms with Crippen LogP contribution in [0.2, 0.25) is 0 Å². The molecule has 0 unspecified atom stereocenters. The van der Waals surface area contributed by atoms with Crippen molar-refractivity contribution in [1.29, 1.82) is 0 Å². The van der Waals surface area contributed by atoms with Gasteiger partial charge in [0.1, 0.15) is 0 Å². The molecule has 0 spiro atoms. The number of hydrogen-bond acceptors (Lipinski definition) is 3. The van der Waals surface area contributed by atoms with Gasteiger partial charge in [-0.05, 0) is 68.7 Å². The number of rotatable bonds is 7. The smallest absolute Gasteiger partial charge is 0.261 e. The highest BCUT2D eigenvalue weighted by atomic mass is 32.2. The fourth-order valence-electron chi connectivity index (χ4n) is 3.51. The van der Waals surface area contributed by atoms with E-state index in [9.17, 15) is 13.2 Å². The molecule has 1 amide bonds. The summed E-state index contributed by atoms with van der Waals surface area (Å²) in [6, 6.07) is 19.2. The van der Waals surface area contributed by atoms with Crippen molar-refractivity contribution < 1.29 is 13.2 Å². The van der Waals surface area contributed by atoms with E-state index in [-0.39, 0.29) is 16.8 Å². The molecule has 0 bridgehead atoms. The van der Waals surface area contributed by atoms with E-state index < -0.39 is 10.0 Å². The SMILES string of the molecule is CC[C@@H](NC(=O)c1cccc(NS(=O)(=O)c2ccc(C)cc2)c1)c1ccc(C)cc1C. The number of sulfonamides is 1. The zero-order valence-electron chi connectivity index (χ0n) is 18.3. The molecular formula is C25H28N2O3S. The van der Waals surface area contributed by atoms with Crippen molar-refractivity contribution in [3.63, 3.8) is 0 Å². The van der Waals surface area contributed by atoms with Crippen molar-refractivity contribution in [3.8, 4) is 0 Å². The van der Waals surface area contributed by atoms with Crippen molar-refractivity contribution in [2.45, 2.75) is 45.1 Å². The van der Waals surface area contributed by atoms with Gasteiger partial charge >= 0.3 is 0 Å².